The number of pyridine rings is 1. The number of benzene rings is 1. The molecule has 0 saturated carbocycles. The molecule has 1 amide bonds. The minimum Gasteiger partial charge on any atom is -0.269 e. The molecule has 0 aliphatic heterocycles. The topological polar surface area (TPSA) is 33.0 Å². The zero-order valence-corrected chi connectivity index (χ0v) is 10.7. The van der Waals surface area contributed by atoms with Gasteiger partial charge in [-0.1, -0.05) is 38.8 Å². The highest BCUT2D eigenvalue weighted by Gasteiger charge is 2.07. The van der Waals surface area contributed by atoms with Crippen molar-refractivity contribution in [1.29, 1.82) is 0 Å². The first kappa shape index (κ1) is 11.8. The van der Waals surface area contributed by atoms with E-state index in [1.54, 1.807) is 17.1 Å². The van der Waals surface area contributed by atoms with Crippen LogP contribution in [0.4, 0.5) is 0 Å². The number of amides is 1. The van der Waals surface area contributed by atoms with Crippen molar-refractivity contribution in [3.05, 3.63) is 64.9 Å². The molecule has 0 atom stereocenters. The number of carbonyl (C=O) groups is 1. The average molecular weight is 292 g/mol. The Kier molecular flexibility index (Phi) is 3.88. The number of nitrogens with one attached hydrogen (secondary N) is 1. The molecule has 1 aromatic heterocycles. The normalized spacial score (nSPS) is 9.94. The van der Waals surface area contributed by atoms with Crippen LogP contribution in [-0.2, 0) is 11.2 Å². The fraction of sp³-hybridized carbons (Fsp3) is 0.0769. The van der Waals surface area contributed by atoms with Crippen molar-refractivity contribution in [2.24, 2.45) is 0 Å². The fourth-order valence-corrected chi connectivity index (χ4v) is 1.71. The molecule has 2 aromatic rings. The highest BCUT2D eigenvalue weighted by atomic mass is 79.9. The monoisotopic (exact) mass is 291 g/mol. The van der Waals surface area contributed by atoms with Crippen LogP contribution in [-0.4, -0.2) is 5.91 Å². The first-order valence-corrected chi connectivity index (χ1v) is 6.04. The van der Waals surface area contributed by atoms with Crippen molar-refractivity contribution in [2.75, 3.05) is 5.43 Å². The fourth-order valence-electron chi connectivity index (χ4n) is 1.44. The lowest BCUT2D eigenvalue weighted by Gasteiger charge is -2.00. The molecule has 3 nitrogen and oxygen atoms in total. The predicted molar refractivity (Wildman–Crippen MR) is 68.9 cm³/mol. The lowest BCUT2D eigenvalue weighted by atomic mass is 10.1. The SMILES string of the molecule is O=C(Cc1ccc(Br)cc1)N[n+]1ccccc1. The minimum atomic E-state index is -0.0384. The molecular formula is C13H12BrN2O+. The van der Waals surface area contributed by atoms with E-state index in [4.69, 9.17) is 0 Å². The summed E-state index contributed by atoms with van der Waals surface area (Å²) in [7, 11) is 0. The Balaban J connectivity index is 1.96. The van der Waals surface area contributed by atoms with Gasteiger partial charge in [0, 0.05) is 16.6 Å². The van der Waals surface area contributed by atoms with Gasteiger partial charge in [0.2, 0.25) is 0 Å². The molecule has 0 fully saturated rings. The molecule has 0 radical (unpaired) electrons. The van der Waals surface area contributed by atoms with Gasteiger partial charge in [-0.15, -0.1) is 5.43 Å². The summed E-state index contributed by atoms with van der Waals surface area (Å²) in [5.74, 6) is -0.0384. The largest absolute Gasteiger partial charge is 0.279 e. The molecule has 17 heavy (non-hydrogen) atoms. The molecule has 0 bridgehead atoms. The number of rotatable bonds is 3. The molecule has 1 aromatic carbocycles. The first-order valence-electron chi connectivity index (χ1n) is 5.24. The molecule has 0 saturated heterocycles. The van der Waals surface area contributed by atoms with E-state index in [1.807, 2.05) is 42.5 Å². The first-order chi connectivity index (χ1) is 8.24. The summed E-state index contributed by atoms with van der Waals surface area (Å²) in [5.41, 5.74) is 3.76. The van der Waals surface area contributed by atoms with Gasteiger partial charge in [-0.2, -0.15) is 0 Å². The Hall–Kier alpha value is -1.68. The van der Waals surface area contributed by atoms with Gasteiger partial charge in [0.05, 0.1) is 6.42 Å². The van der Waals surface area contributed by atoms with Gasteiger partial charge in [0.1, 0.15) is 0 Å². The molecule has 1 heterocycles. The Morgan fingerprint density at radius 3 is 2.41 bits per heavy atom. The summed E-state index contributed by atoms with van der Waals surface area (Å²) in [6, 6.07) is 13.3. The van der Waals surface area contributed by atoms with E-state index >= 15 is 0 Å². The molecule has 0 aliphatic carbocycles. The predicted octanol–water partition coefficient (Wildman–Crippen LogP) is 2.05. The van der Waals surface area contributed by atoms with Crippen molar-refractivity contribution in [3.63, 3.8) is 0 Å². The zero-order valence-electron chi connectivity index (χ0n) is 9.14. The molecule has 1 N–H and O–H groups in total. The lowest BCUT2D eigenvalue weighted by molar-refractivity contribution is -0.642. The molecule has 0 aliphatic rings. The summed E-state index contributed by atoms with van der Waals surface area (Å²) >= 11 is 3.36. The third-order valence-electron chi connectivity index (χ3n) is 2.25. The Bertz CT molecular complexity index is 497. The number of hydrogen-bond donors (Lipinski definition) is 1. The second-order valence-electron chi connectivity index (χ2n) is 3.62. The third-order valence-corrected chi connectivity index (χ3v) is 2.78. The summed E-state index contributed by atoms with van der Waals surface area (Å²) in [6.45, 7) is 0. The Labute approximate surface area is 108 Å². The van der Waals surface area contributed by atoms with Gasteiger partial charge in [0.15, 0.2) is 12.4 Å². The van der Waals surface area contributed by atoms with Crippen molar-refractivity contribution in [2.45, 2.75) is 6.42 Å². The van der Waals surface area contributed by atoms with Crippen LogP contribution < -0.4 is 10.1 Å². The summed E-state index contributed by atoms with van der Waals surface area (Å²) < 4.78 is 2.65. The number of aromatic nitrogens is 1. The highest BCUT2D eigenvalue weighted by Crippen LogP contribution is 2.10. The Morgan fingerprint density at radius 2 is 1.76 bits per heavy atom. The quantitative estimate of drug-likeness (QED) is 0.863. The van der Waals surface area contributed by atoms with Crippen LogP contribution in [0.25, 0.3) is 0 Å². The van der Waals surface area contributed by atoms with Crippen molar-refractivity contribution in [1.82, 2.24) is 0 Å². The lowest BCUT2D eigenvalue weighted by Crippen LogP contribution is -2.48. The number of halogens is 1. The van der Waals surface area contributed by atoms with E-state index in [0.717, 1.165) is 10.0 Å². The van der Waals surface area contributed by atoms with Crippen LogP contribution in [0.15, 0.2) is 59.3 Å². The molecule has 0 unspecified atom stereocenters. The molecule has 86 valence electrons. The van der Waals surface area contributed by atoms with Crippen molar-refractivity contribution >= 4 is 21.8 Å². The maximum atomic E-state index is 11.7. The third kappa shape index (κ3) is 3.67. The van der Waals surface area contributed by atoms with Crippen LogP contribution in [0.3, 0.4) is 0 Å². The van der Waals surface area contributed by atoms with Crippen LogP contribution in [0.5, 0.6) is 0 Å². The summed E-state index contributed by atoms with van der Waals surface area (Å²) in [4.78, 5) is 11.7. The van der Waals surface area contributed by atoms with E-state index < -0.39 is 0 Å². The number of nitrogens with zero attached hydrogens (tertiary/aromatic N) is 1. The highest BCUT2D eigenvalue weighted by molar-refractivity contribution is 9.10. The van der Waals surface area contributed by atoms with Gasteiger partial charge >= 0.3 is 0 Å². The smallest absolute Gasteiger partial charge is 0.269 e. The van der Waals surface area contributed by atoms with Crippen LogP contribution in [0, 0.1) is 0 Å². The van der Waals surface area contributed by atoms with Gasteiger partial charge in [-0.25, -0.2) is 0 Å². The van der Waals surface area contributed by atoms with E-state index in [9.17, 15) is 4.79 Å². The van der Waals surface area contributed by atoms with Gasteiger partial charge < -0.3 is 0 Å². The maximum absolute atomic E-state index is 11.7. The summed E-state index contributed by atoms with van der Waals surface area (Å²) in [6.07, 6.45) is 3.95. The number of hydrogen-bond acceptors (Lipinski definition) is 1. The van der Waals surface area contributed by atoms with Crippen molar-refractivity contribution in [3.8, 4) is 0 Å². The molecule has 0 spiro atoms. The van der Waals surface area contributed by atoms with E-state index in [-0.39, 0.29) is 5.91 Å². The second kappa shape index (κ2) is 5.59. The zero-order chi connectivity index (χ0) is 12.1. The van der Waals surface area contributed by atoms with Gasteiger partial charge in [-0.3, -0.25) is 4.79 Å². The van der Waals surface area contributed by atoms with Crippen LogP contribution in [0.1, 0.15) is 5.56 Å². The van der Waals surface area contributed by atoms with Gasteiger partial charge in [0.25, 0.3) is 5.91 Å². The van der Waals surface area contributed by atoms with Crippen molar-refractivity contribution < 1.29 is 9.47 Å². The average Bonchev–Trinajstić information content (AvgIpc) is 2.33. The van der Waals surface area contributed by atoms with Crippen LogP contribution in [0.2, 0.25) is 0 Å². The van der Waals surface area contributed by atoms with E-state index in [0.29, 0.717) is 6.42 Å². The molecular weight excluding hydrogens is 280 g/mol. The summed E-state index contributed by atoms with van der Waals surface area (Å²) in [5, 5.41) is 0. The van der Waals surface area contributed by atoms with Crippen LogP contribution >= 0.6 is 15.9 Å². The van der Waals surface area contributed by atoms with Gasteiger partial charge in [-0.05, 0) is 17.7 Å². The maximum Gasteiger partial charge on any atom is 0.279 e. The molecule has 2 rings (SSSR count). The minimum absolute atomic E-state index is 0.0384. The van der Waals surface area contributed by atoms with E-state index in [2.05, 4.69) is 21.4 Å². The standard InChI is InChI=1S/C13H11BrN2O/c14-12-6-4-11(5-7-12)10-13(17)15-16-8-2-1-3-9-16/h1-9H,10H2/p+1. The Morgan fingerprint density at radius 1 is 1.12 bits per heavy atom. The molecule has 4 heteroatoms. The second-order valence-corrected chi connectivity index (χ2v) is 4.54. The number of carbonyl (C=O) groups excluding carboxylic acids is 1. The van der Waals surface area contributed by atoms with E-state index in [1.165, 1.54) is 0 Å².